The zero-order valence-corrected chi connectivity index (χ0v) is 16.7. The Morgan fingerprint density at radius 2 is 1.79 bits per heavy atom. The van der Waals surface area contributed by atoms with Crippen LogP contribution in [0.15, 0.2) is 48.7 Å². The van der Waals surface area contributed by atoms with Crippen LogP contribution in [-0.2, 0) is 6.54 Å². The van der Waals surface area contributed by atoms with Crippen LogP contribution in [0.5, 0.6) is 5.75 Å². The predicted octanol–water partition coefficient (Wildman–Crippen LogP) is 3.86. The van der Waals surface area contributed by atoms with Crippen molar-refractivity contribution in [2.45, 2.75) is 20.4 Å². The average Bonchev–Trinajstić information content (AvgIpc) is 3.29. The number of aromatic nitrogens is 6. The van der Waals surface area contributed by atoms with E-state index in [0.29, 0.717) is 17.0 Å². The second kappa shape index (κ2) is 7.40. The van der Waals surface area contributed by atoms with Crippen LogP contribution in [0.25, 0.3) is 17.1 Å². The Balaban J connectivity index is 1.63. The van der Waals surface area contributed by atoms with Gasteiger partial charge >= 0.3 is 0 Å². The standard InChI is InChI=1S/C20H20N6OS/c1-13-5-4-6-14(2)18(13)26-20(28)17(11-21-26)19-22-24-25(23-19)12-15-7-9-16(27-3)10-8-15/h4-11,21H,12H2,1-3H3. The summed E-state index contributed by atoms with van der Waals surface area (Å²) in [6.45, 7) is 4.65. The summed E-state index contributed by atoms with van der Waals surface area (Å²) in [5, 5.41) is 16.1. The van der Waals surface area contributed by atoms with Crippen LogP contribution >= 0.6 is 12.2 Å². The normalized spacial score (nSPS) is 11.0. The number of hydrogen-bond donors (Lipinski definition) is 1. The van der Waals surface area contributed by atoms with Crippen LogP contribution in [0.2, 0.25) is 0 Å². The molecule has 1 N–H and O–H groups in total. The van der Waals surface area contributed by atoms with Gasteiger partial charge in [-0.1, -0.05) is 42.5 Å². The van der Waals surface area contributed by atoms with Gasteiger partial charge in [-0.3, -0.25) is 5.10 Å². The van der Waals surface area contributed by atoms with Crippen molar-refractivity contribution in [3.05, 3.63) is 70.0 Å². The molecule has 0 saturated carbocycles. The van der Waals surface area contributed by atoms with Crippen LogP contribution in [-0.4, -0.2) is 37.1 Å². The Morgan fingerprint density at radius 3 is 2.46 bits per heavy atom. The maximum absolute atomic E-state index is 5.68. The van der Waals surface area contributed by atoms with E-state index in [1.165, 1.54) is 0 Å². The Hall–Kier alpha value is -3.26. The van der Waals surface area contributed by atoms with Gasteiger partial charge in [-0.05, 0) is 47.9 Å². The molecule has 7 nitrogen and oxygen atoms in total. The summed E-state index contributed by atoms with van der Waals surface area (Å²) in [5.41, 5.74) is 5.13. The van der Waals surface area contributed by atoms with Gasteiger partial charge in [0.2, 0.25) is 5.82 Å². The van der Waals surface area contributed by atoms with E-state index in [1.54, 1.807) is 11.9 Å². The number of aromatic amines is 1. The number of hydrogen-bond acceptors (Lipinski definition) is 5. The molecule has 0 atom stereocenters. The van der Waals surface area contributed by atoms with Crippen molar-refractivity contribution in [1.82, 2.24) is 30.0 Å². The molecule has 0 fully saturated rings. The molecule has 142 valence electrons. The molecule has 0 saturated heterocycles. The number of benzene rings is 2. The first-order chi connectivity index (χ1) is 13.6. The van der Waals surface area contributed by atoms with E-state index in [-0.39, 0.29) is 0 Å². The van der Waals surface area contributed by atoms with Crippen molar-refractivity contribution in [3.8, 4) is 22.8 Å². The number of para-hydroxylation sites is 1. The van der Waals surface area contributed by atoms with Crippen molar-refractivity contribution >= 4 is 12.2 Å². The molecule has 0 unspecified atom stereocenters. The third kappa shape index (κ3) is 3.34. The first kappa shape index (κ1) is 18.1. The number of nitrogens with one attached hydrogen (secondary N) is 1. The number of aryl methyl sites for hydroxylation is 2. The third-order valence-corrected chi connectivity index (χ3v) is 5.01. The topological polar surface area (TPSA) is 73.5 Å². The van der Waals surface area contributed by atoms with Crippen LogP contribution in [0.4, 0.5) is 0 Å². The van der Waals surface area contributed by atoms with Crippen LogP contribution in [0.1, 0.15) is 16.7 Å². The first-order valence-corrected chi connectivity index (χ1v) is 9.26. The Labute approximate surface area is 167 Å². The summed E-state index contributed by atoms with van der Waals surface area (Å²) in [7, 11) is 1.65. The summed E-state index contributed by atoms with van der Waals surface area (Å²) in [5.74, 6) is 1.31. The number of tetrazole rings is 1. The smallest absolute Gasteiger partial charge is 0.209 e. The third-order valence-electron chi connectivity index (χ3n) is 4.61. The van der Waals surface area contributed by atoms with Crippen molar-refractivity contribution < 1.29 is 4.74 Å². The van der Waals surface area contributed by atoms with Crippen molar-refractivity contribution in [2.75, 3.05) is 7.11 Å². The number of H-pyrrole nitrogens is 1. The molecule has 0 aliphatic heterocycles. The van der Waals surface area contributed by atoms with Gasteiger partial charge in [0.15, 0.2) is 0 Å². The summed E-state index contributed by atoms with van der Waals surface area (Å²) < 4.78 is 7.70. The van der Waals surface area contributed by atoms with E-state index in [4.69, 9.17) is 17.0 Å². The van der Waals surface area contributed by atoms with Crippen molar-refractivity contribution in [3.63, 3.8) is 0 Å². The molecule has 2 heterocycles. The number of nitrogens with zero attached hydrogens (tertiary/aromatic N) is 5. The minimum absolute atomic E-state index is 0.500. The van der Waals surface area contributed by atoms with E-state index in [2.05, 4.69) is 46.5 Å². The van der Waals surface area contributed by atoms with Gasteiger partial charge in [-0.15, -0.1) is 10.2 Å². The minimum Gasteiger partial charge on any atom is -0.497 e. The van der Waals surface area contributed by atoms with Crippen LogP contribution in [0.3, 0.4) is 0 Å². The summed E-state index contributed by atoms with van der Waals surface area (Å²) in [6.07, 6.45) is 1.82. The molecular weight excluding hydrogens is 372 g/mol. The van der Waals surface area contributed by atoms with Gasteiger partial charge in [0.05, 0.1) is 24.9 Å². The molecule has 0 radical (unpaired) electrons. The Bertz CT molecular complexity index is 1150. The summed E-state index contributed by atoms with van der Waals surface area (Å²) >= 11 is 5.68. The van der Waals surface area contributed by atoms with E-state index in [9.17, 15) is 0 Å². The molecule has 2 aromatic heterocycles. The molecule has 2 aromatic carbocycles. The second-order valence-electron chi connectivity index (χ2n) is 6.56. The minimum atomic E-state index is 0.500. The molecule has 0 amide bonds. The van der Waals surface area contributed by atoms with Gasteiger partial charge in [0.25, 0.3) is 0 Å². The number of methoxy groups -OCH3 is 1. The lowest BCUT2D eigenvalue weighted by Crippen LogP contribution is -2.04. The van der Waals surface area contributed by atoms with Gasteiger partial charge < -0.3 is 4.74 Å². The summed E-state index contributed by atoms with van der Waals surface area (Å²) in [4.78, 5) is 1.56. The fourth-order valence-corrected chi connectivity index (χ4v) is 3.46. The lowest BCUT2D eigenvalue weighted by molar-refractivity contribution is 0.414. The average molecular weight is 392 g/mol. The fourth-order valence-electron chi connectivity index (χ4n) is 3.17. The number of ether oxygens (including phenoxy) is 1. The quantitative estimate of drug-likeness (QED) is 0.522. The van der Waals surface area contributed by atoms with Crippen LogP contribution < -0.4 is 4.74 Å². The van der Waals surface area contributed by atoms with Crippen molar-refractivity contribution in [1.29, 1.82) is 0 Å². The highest BCUT2D eigenvalue weighted by atomic mass is 32.1. The molecule has 0 spiro atoms. The SMILES string of the molecule is COc1ccc(Cn2nnc(-c3c[nH]n(-c4c(C)cccc4C)c3=S)n2)cc1. The highest BCUT2D eigenvalue weighted by molar-refractivity contribution is 7.71. The molecule has 4 aromatic rings. The fraction of sp³-hybridized carbons (Fsp3) is 0.200. The molecule has 8 heteroatoms. The van der Waals surface area contributed by atoms with Gasteiger partial charge in [0, 0.05) is 6.20 Å². The molecule has 0 aliphatic rings. The zero-order valence-electron chi connectivity index (χ0n) is 15.9. The Morgan fingerprint density at radius 1 is 1.07 bits per heavy atom. The lowest BCUT2D eigenvalue weighted by Gasteiger charge is -2.10. The maximum Gasteiger partial charge on any atom is 0.209 e. The van der Waals surface area contributed by atoms with E-state index >= 15 is 0 Å². The Kier molecular flexibility index (Phi) is 4.79. The van der Waals surface area contributed by atoms with Gasteiger partial charge in [-0.2, -0.15) is 4.80 Å². The molecule has 0 aliphatic carbocycles. The molecule has 4 rings (SSSR count). The van der Waals surface area contributed by atoms with Gasteiger partial charge in [-0.25, -0.2) is 4.68 Å². The van der Waals surface area contributed by atoms with E-state index < -0.39 is 0 Å². The highest BCUT2D eigenvalue weighted by Crippen LogP contribution is 2.23. The molecular formula is C20H20N6OS. The largest absolute Gasteiger partial charge is 0.497 e. The monoisotopic (exact) mass is 392 g/mol. The first-order valence-electron chi connectivity index (χ1n) is 8.85. The zero-order chi connectivity index (χ0) is 19.7. The number of rotatable bonds is 5. The van der Waals surface area contributed by atoms with Crippen LogP contribution in [0, 0.1) is 18.5 Å². The van der Waals surface area contributed by atoms with E-state index in [1.807, 2.05) is 41.2 Å². The maximum atomic E-state index is 5.68. The van der Waals surface area contributed by atoms with E-state index in [0.717, 1.165) is 33.7 Å². The molecule has 28 heavy (non-hydrogen) atoms. The van der Waals surface area contributed by atoms with Gasteiger partial charge in [0.1, 0.15) is 10.4 Å². The summed E-state index contributed by atoms with van der Waals surface area (Å²) in [6, 6.07) is 13.9. The second-order valence-corrected chi connectivity index (χ2v) is 6.95. The predicted molar refractivity (Wildman–Crippen MR) is 109 cm³/mol. The highest BCUT2D eigenvalue weighted by Gasteiger charge is 2.14. The lowest BCUT2D eigenvalue weighted by atomic mass is 10.1. The van der Waals surface area contributed by atoms with Crippen molar-refractivity contribution in [2.24, 2.45) is 0 Å². The molecule has 0 bridgehead atoms.